The van der Waals surface area contributed by atoms with Gasteiger partial charge in [-0.1, -0.05) is 0 Å². The van der Waals surface area contributed by atoms with Crippen LogP contribution in [0.1, 0.15) is 23.2 Å². The molecule has 2 rings (SSSR count). The second-order valence-electron chi connectivity index (χ2n) is 4.51. The lowest BCUT2D eigenvalue weighted by atomic mass is 10.1. The zero-order valence-electron chi connectivity index (χ0n) is 10.2. The molecule has 2 N–H and O–H groups in total. The summed E-state index contributed by atoms with van der Waals surface area (Å²) >= 11 is 0. The number of benzene rings is 1. The standard InChI is InChI=1S/C12H14N2O5/c15-9-2-1-5-13(7-9)10-4-3-8(12(16)17)6-11(10)14(18)19/h3-4,6,9,15H,1-2,5,7H2,(H,16,17). The van der Waals surface area contributed by atoms with Crippen LogP contribution in [0.3, 0.4) is 0 Å². The first-order valence-corrected chi connectivity index (χ1v) is 5.94. The molecule has 1 saturated heterocycles. The maximum Gasteiger partial charge on any atom is 0.335 e. The van der Waals surface area contributed by atoms with Gasteiger partial charge in [0, 0.05) is 19.2 Å². The third kappa shape index (κ3) is 2.82. The van der Waals surface area contributed by atoms with Crippen molar-refractivity contribution in [1.29, 1.82) is 0 Å². The van der Waals surface area contributed by atoms with Crippen molar-refractivity contribution in [2.45, 2.75) is 18.9 Å². The van der Waals surface area contributed by atoms with E-state index in [4.69, 9.17) is 5.11 Å². The van der Waals surface area contributed by atoms with E-state index in [0.29, 0.717) is 25.2 Å². The van der Waals surface area contributed by atoms with E-state index in [-0.39, 0.29) is 11.3 Å². The molecule has 19 heavy (non-hydrogen) atoms. The maximum atomic E-state index is 11.0. The molecule has 1 atom stereocenters. The number of carboxylic acid groups (broad SMARTS) is 1. The lowest BCUT2D eigenvalue weighted by molar-refractivity contribution is -0.384. The van der Waals surface area contributed by atoms with E-state index in [1.165, 1.54) is 12.1 Å². The number of rotatable bonds is 3. The molecule has 0 radical (unpaired) electrons. The molecular weight excluding hydrogens is 252 g/mol. The van der Waals surface area contributed by atoms with Crippen LogP contribution in [0, 0.1) is 10.1 Å². The average Bonchev–Trinajstić information content (AvgIpc) is 2.37. The highest BCUT2D eigenvalue weighted by Gasteiger charge is 2.25. The Morgan fingerprint density at radius 2 is 2.21 bits per heavy atom. The molecule has 0 bridgehead atoms. The molecule has 7 heteroatoms. The first-order valence-electron chi connectivity index (χ1n) is 5.94. The molecular formula is C12H14N2O5. The van der Waals surface area contributed by atoms with Gasteiger partial charge in [0.1, 0.15) is 5.69 Å². The van der Waals surface area contributed by atoms with Gasteiger partial charge in [-0.3, -0.25) is 10.1 Å². The van der Waals surface area contributed by atoms with Crippen molar-refractivity contribution in [3.63, 3.8) is 0 Å². The largest absolute Gasteiger partial charge is 0.478 e. The molecule has 1 heterocycles. The summed E-state index contributed by atoms with van der Waals surface area (Å²) in [5, 5.41) is 29.5. The summed E-state index contributed by atoms with van der Waals surface area (Å²) in [7, 11) is 0. The van der Waals surface area contributed by atoms with E-state index >= 15 is 0 Å². The second kappa shape index (κ2) is 5.23. The highest BCUT2D eigenvalue weighted by molar-refractivity contribution is 5.89. The molecule has 1 aromatic rings. The minimum absolute atomic E-state index is 0.118. The topological polar surface area (TPSA) is 104 Å². The predicted molar refractivity (Wildman–Crippen MR) is 67.5 cm³/mol. The van der Waals surface area contributed by atoms with Crippen molar-refractivity contribution in [2.75, 3.05) is 18.0 Å². The zero-order chi connectivity index (χ0) is 14.0. The van der Waals surface area contributed by atoms with Crippen LogP contribution in [0.2, 0.25) is 0 Å². The van der Waals surface area contributed by atoms with E-state index < -0.39 is 17.0 Å². The fourth-order valence-electron chi connectivity index (χ4n) is 2.24. The number of carbonyl (C=O) groups is 1. The van der Waals surface area contributed by atoms with Crippen LogP contribution in [0.5, 0.6) is 0 Å². The molecule has 1 aliphatic heterocycles. The number of piperidine rings is 1. The molecule has 0 aromatic heterocycles. The van der Waals surface area contributed by atoms with Gasteiger partial charge in [0.2, 0.25) is 0 Å². The van der Waals surface area contributed by atoms with Crippen LogP contribution in [-0.4, -0.2) is 40.3 Å². The molecule has 102 valence electrons. The number of carboxylic acids is 1. The van der Waals surface area contributed by atoms with E-state index in [0.717, 1.165) is 12.5 Å². The molecule has 1 unspecified atom stereocenters. The normalized spacial score (nSPS) is 19.2. The van der Waals surface area contributed by atoms with Crippen molar-refractivity contribution in [1.82, 2.24) is 0 Å². The summed E-state index contributed by atoms with van der Waals surface area (Å²) in [5.74, 6) is -1.20. The van der Waals surface area contributed by atoms with Gasteiger partial charge in [-0.25, -0.2) is 4.79 Å². The van der Waals surface area contributed by atoms with Crippen molar-refractivity contribution >= 4 is 17.3 Å². The van der Waals surface area contributed by atoms with Crippen molar-refractivity contribution < 1.29 is 19.9 Å². The zero-order valence-corrected chi connectivity index (χ0v) is 10.2. The van der Waals surface area contributed by atoms with Crippen LogP contribution in [0.15, 0.2) is 18.2 Å². The molecule has 1 fully saturated rings. The summed E-state index contributed by atoms with van der Waals surface area (Å²) in [6, 6.07) is 3.82. The molecule has 0 saturated carbocycles. The van der Waals surface area contributed by atoms with Crippen LogP contribution in [0.25, 0.3) is 0 Å². The van der Waals surface area contributed by atoms with E-state index in [1.54, 1.807) is 4.90 Å². The maximum absolute atomic E-state index is 11.0. The lowest BCUT2D eigenvalue weighted by Gasteiger charge is -2.31. The number of nitrogens with zero attached hydrogens (tertiary/aromatic N) is 2. The smallest absolute Gasteiger partial charge is 0.335 e. The Morgan fingerprint density at radius 3 is 2.79 bits per heavy atom. The third-order valence-electron chi connectivity index (χ3n) is 3.16. The first-order chi connectivity index (χ1) is 8.99. The highest BCUT2D eigenvalue weighted by Crippen LogP contribution is 2.31. The third-order valence-corrected chi connectivity index (χ3v) is 3.16. The highest BCUT2D eigenvalue weighted by atomic mass is 16.6. The Hall–Kier alpha value is -2.15. The lowest BCUT2D eigenvalue weighted by Crippen LogP contribution is -2.38. The fraction of sp³-hybridized carbons (Fsp3) is 0.417. The van der Waals surface area contributed by atoms with Crippen LogP contribution >= 0.6 is 0 Å². The minimum Gasteiger partial charge on any atom is -0.478 e. The van der Waals surface area contributed by atoms with Crippen molar-refractivity contribution in [3.8, 4) is 0 Å². The van der Waals surface area contributed by atoms with E-state index in [1.807, 2.05) is 0 Å². The predicted octanol–water partition coefficient (Wildman–Crippen LogP) is 1.25. The van der Waals surface area contributed by atoms with Crippen molar-refractivity contribution in [3.05, 3.63) is 33.9 Å². The van der Waals surface area contributed by atoms with Gasteiger partial charge in [0.05, 0.1) is 16.6 Å². The Balaban J connectivity index is 2.38. The number of hydrogen-bond donors (Lipinski definition) is 2. The van der Waals surface area contributed by atoms with Gasteiger partial charge in [0.25, 0.3) is 5.69 Å². The number of hydrogen-bond acceptors (Lipinski definition) is 5. The monoisotopic (exact) mass is 266 g/mol. The Morgan fingerprint density at radius 1 is 1.47 bits per heavy atom. The SMILES string of the molecule is O=C(O)c1ccc(N2CCCC(O)C2)c([N+](=O)[O-])c1. The van der Waals surface area contributed by atoms with E-state index in [2.05, 4.69) is 0 Å². The van der Waals surface area contributed by atoms with Crippen molar-refractivity contribution in [2.24, 2.45) is 0 Å². The number of anilines is 1. The molecule has 7 nitrogen and oxygen atoms in total. The van der Waals surface area contributed by atoms with E-state index in [9.17, 15) is 20.0 Å². The summed E-state index contributed by atoms with van der Waals surface area (Å²) < 4.78 is 0. The molecule has 0 amide bonds. The Kier molecular flexibility index (Phi) is 3.66. The molecule has 0 aliphatic carbocycles. The summed E-state index contributed by atoms with van der Waals surface area (Å²) in [5.41, 5.74) is -0.00393. The van der Waals surface area contributed by atoms with Gasteiger partial charge in [0.15, 0.2) is 0 Å². The number of aliphatic hydroxyl groups excluding tert-OH is 1. The summed E-state index contributed by atoms with van der Waals surface area (Å²) in [6.07, 6.45) is 0.920. The molecule has 1 aliphatic rings. The average molecular weight is 266 g/mol. The van der Waals surface area contributed by atoms with Gasteiger partial charge in [-0.05, 0) is 25.0 Å². The van der Waals surface area contributed by atoms with Crippen LogP contribution in [0.4, 0.5) is 11.4 Å². The summed E-state index contributed by atoms with van der Waals surface area (Å²) in [6.45, 7) is 0.942. The molecule has 0 spiro atoms. The fourth-order valence-corrected chi connectivity index (χ4v) is 2.24. The number of aromatic carboxylic acids is 1. The van der Waals surface area contributed by atoms with Crippen LogP contribution < -0.4 is 4.90 Å². The first kappa shape index (κ1) is 13.3. The Labute approximate surface area is 109 Å². The number of nitro benzene ring substituents is 1. The Bertz CT molecular complexity index is 517. The minimum atomic E-state index is -1.20. The van der Waals surface area contributed by atoms with Gasteiger partial charge < -0.3 is 15.1 Å². The van der Waals surface area contributed by atoms with Gasteiger partial charge >= 0.3 is 5.97 Å². The number of β-amino-alcohol motifs (C(OH)–C–C–N with tert-alkyl or cyclic N) is 1. The van der Waals surface area contributed by atoms with Gasteiger partial charge in [-0.15, -0.1) is 0 Å². The second-order valence-corrected chi connectivity index (χ2v) is 4.51. The molecule has 1 aromatic carbocycles. The number of aliphatic hydroxyl groups is 1. The van der Waals surface area contributed by atoms with Crippen LogP contribution in [-0.2, 0) is 0 Å². The quantitative estimate of drug-likeness (QED) is 0.630. The summed E-state index contributed by atoms with van der Waals surface area (Å²) in [4.78, 5) is 23.0. The van der Waals surface area contributed by atoms with Gasteiger partial charge in [-0.2, -0.15) is 0 Å². The number of nitro groups is 1.